The van der Waals surface area contributed by atoms with E-state index in [1.807, 2.05) is 42.5 Å². The smallest absolute Gasteiger partial charge is 0.261 e. The van der Waals surface area contributed by atoms with Crippen LogP contribution in [-0.4, -0.2) is 27.6 Å². The quantitative estimate of drug-likeness (QED) is 0.438. The zero-order valence-corrected chi connectivity index (χ0v) is 17.9. The number of amides is 3. The van der Waals surface area contributed by atoms with Crippen LogP contribution in [0.4, 0.5) is 10.1 Å². The number of carbonyl (C=O) groups is 3. The van der Waals surface area contributed by atoms with Gasteiger partial charge in [0, 0.05) is 22.7 Å². The van der Waals surface area contributed by atoms with E-state index >= 15 is 0 Å². The van der Waals surface area contributed by atoms with Crippen molar-refractivity contribution in [2.24, 2.45) is 0 Å². The Hall–Kier alpha value is -4.39. The number of likely N-dealkylation sites (tertiary alicyclic amines) is 1. The summed E-state index contributed by atoms with van der Waals surface area (Å²) in [5, 5.41) is 0.781. The second kappa shape index (κ2) is 7.31. The summed E-state index contributed by atoms with van der Waals surface area (Å²) in [5.74, 6) is -2.02. The van der Waals surface area contributed by atoms with Gasteiger partial charge in [-0.25, -0.2) is 4.39 Å². The molecule has 1 aromatic heterocycles. The maximum Gasteiger partial charge on any atom is 0.261 e. The normalized spacial score (nSPS) is 19.5. The number of halogens is 1. The number of anilines is 1. The molecule has 1 unspecified atom stereocenters. The van der Waals surface area contributed by atoms with Crippen molar-refractivity contribution in [1.29, 1.82) is 0 Å². The molecule has 0 N–H and O–H groups in total. The van der Waals surface area contributed by atoms with Gasteiger partial charge in [-0.3, -0.25) is 29.2 Å². The lowest BCUT2D eigenvalue weighted by atomic mass is 9.87. The van der Waals surface area contributed by atoms with Gasteiger partial charge in [0.25, 0.3) is 11.8 Å². The molecule has 2 aliphatic rings. The van der Waals surface area contributed by atoms with Crippen molar-refractivity contribution in [3.05, 3.63) is 108 Å². The third kappa shape index (κ3) is 2.73. The standard InChI is InChI=1S/C27H18FN3O3/c28-19-11-12-21-20(14-19)25(33)31(22-10-4-8-18-9-5-13-29-24(18)22)27(21)15-23(32)30(26(27)34)16-17-6-2-1-3-7-17/h1-14H,15-16H2. The molecule has 2 aliphatic heterocycles. The summed E-state index contributed by atoms with van der Waals surface area (Å²) in [7, 11) is 0. The number of para-hydroxylation sites is 1. The Morgan fingerprint density at radius 3 is 2.53 bits per heavy atom. The molecule has 0 saturated carbocycles. The zero-order chi connectivity index (χ0) is 23.4. The van der Waals surface area contributed by atoms with Crippen LogP contribution in [0.15, 0.2) is 85.1 Å². The fraction of sp³-hybridized carbons (Fsp3) is 0.111. The first-order valence-corrected chi connectivity index (χ1v) is 10.9. The van der Waals surface area contributed by atoms with Gasteiger partial charge in [-0.15, -0.1) is 0 Å². The number of nitrogens with zero attached hydrogens (tertiary/aromatic N) is 3. The van der Waals surface area contributed by atoms with E-state index < -0.39 is 29.1 Å². The van der Waals surface area contributed by atoms with Crippen molar-refractivity contribution in [1.82, 2.24) is 9.88 Å². The Kier molecular flexibility index (Phi) is 4.35. The summed E-state index contributed by atoms with van der Waals surface area (Å²) in [6, 6.07) is 22.0. The molecule has 166 valence electrons. The third-order valence-corrected chi connectivity index (χ3v) is 6.59. The first-order chi connectivity index (χ1) is 16.5. The van der Waals surface area contributed by atoms with E-state index in [1.54, 1.807) is 24.4 Å². The fourth-order valence-electron chi connectivity index (χ4n) is 5.09. The molecule has 1 saturated heterocycles. The highest BCUT2D eigenvalue weighted by molar-refractivity contribution is 6.24. The first-order valence-electron chi connectivity index (χ1n) is 10.9. The van der Waals surface area contributed by atoms with Gasteiger partial charge < -0.3 is 0 Å². The number of rotatable bonds is 3. The van der Waals surface area contributed by atoms with Gasteiger partial charge in [0.2, 0.25) is 5.91 Å². The van der Waals surface area contributed by atoms with Crippen LogP contribution in [0.25, 0.3) is 10.9 Å². The van der Waals surface area contributed by atoms with Crippen molar-refractivity contribution in [2.75, 3.05) is 4.90 Å². The monoisotopic (exact) mass is 451 g/mol. The van der Waals surface area contributed by atoms with Crippen molar-refractivity contribution < 1.29 is 18.8 Å². The molecule has 1 fully saturated rings. The number of fused-ring (bicyclic) bond motifs is 3. The molecule has 0 aliphatic carbocycles. The van der Waals surface area contributed by atoms with E-state index in [1.165, 1.54) is 21.9 Å². The topological polar surface area (TPSA) is 70.6 Å². The van der Waals surface area contributed by atoms with Gasteiger partial charge in [0.05, 0.1) is 24.2 Å². The molecule has 1 atom stereocenters. The molecule has 1 spiro atoms. The zero-order valence-electron chi connectivity index (χ0n) is 17.9. The number of hydrogen-bond donors (Lipinski definition) is 0. The van der Waals surface area contributed by atoms with E-state index in [-0.39, 0.29) is 18.5 Å². The van der Waals surface area contributed by atoms with E-state index in [2.05, 4.69) is 4.98 Å². The Labute approximate surface area is 194 Å². The Morgan fingerprint density at radius 2 is 1.71 bits per heavy atom. The summed E-state index contributed by atoms with van der Waals surface area (Å²) in [5.41, 5.74) is 0.535. The maximum atomic E-state index is 14.2. The van der Waals surface area contributed by atoms with Crippen LogP contribution in [0.5, 0.6) is 0 Å². The summed E-state index contributed by atoms with van der Waals surface area (Å²) in [4.78, 5) is 48.0. The predicted octanol–water partition coefficient (Wildman–Crippen LogP) is 4.19. The predicted molar refractivity (Wildman–Crippen MR) is 123 cm³/mol. The summed E-state index contributed by atoms with van der Waals surface area (Å²) in [6.45, 7) is 0.0899. The largest absolute Gasteiger partial charge is 0.286 e. The fourth-order valence-corrected chi connectivity index (χ4v) is 5.09. The van der Waals surface area contributed by atoms with E-state index in [0.717, 1.165) is 17.0 Å². The SMILES string of the molecule is O=C1CC2(C(=O)N1Cc1ccccc1)c1ccc(F)cc1C(=O)N2c1cccc2cccnc12. The number of imide groups is 1. The van der Waals surface area contributed by atoms with Gasteiger partial charge in [-0.05, 0) is 29.8 Å². The Morgan fingerprint density at radius 1 is 0.912 bits per heavy atom. The highest BCUT2D eigenvalue weighted by Gasteiger charge is 2.63. The van der Waals surface area contributed by atoms with Gasteiger partial charge >= 0.3 is 0 Å². The van der Waals surface area contributed by atoms with Crippen molar-refractivity contribution in [3.63, 3.8) is 0 Å². The molecule has 3 heterocycles. The Bertz CT molecular complexity index is 1500. The van der Waals surface area contributed by atoms with Crippen LogP contribution < -0.4 is 4.90 Å². The average molecular weight is 451 g/mol. The van der Waals surface area contributed by atoms with Crippen LogP contribution in [0.2, 0.25) is 0 Å². The second-order valence-electron chi connectivity index (χ2n) is 8.49. The maximum absolute atomic E-state index is 14.2. The van der Waals surface area contributed by atoms with Crippen LogP contribution in [0, 0.1) is 5.82 Å². The number of pyridine rings is 1. The minimum atomic E-state index is -1.60. The number of carbonyl (C=O) groups excluding carboxylic acids is 3. The molecule has 3 aromatic carbocycles. The summed E-state index contributed by atoms with van der Waals surface area (Å²) >= 11 is 0. The minimum Gasteiger partial charge on any atom is -0.286 e. The molecular weight excluding hydrogens is 433 g/mol. The second-order valence-corrected chi connectivity index (χ2v) is 8.49. The van der Waals surface area contributed by atoms with E-state index in [9.17, 15) is 18.8 Å². The lowest BCUT2D eigenvalue weighted by molar-refractivity contribution is -0.140. The van der Waals surface area contributed by atoms with Crippen LogP contribution in [-0.2, 0) is 21.7 Å². The van der Waals surface area contributed by atoms with Crippen LogP contribution in [0.3, 0.4) is 0 Å². The number of aromatic nitrogens is 1. The molecule has 34 heavy (non-hydrogen) atoms. The molecule has 7 heteroatoms. The third-order valence-electron chi connectivity index (χ3n) is 6.59. The number of benzene rings is 3. The highest BCUT2D eigenvalue weighted by atomic mass is 19.1. The number of hydrogen-bond acceptors (Lipinski definition) is 4. The molecule has 0 radical (unpaired) electrons. The van der Waals surface area contributed by atoms with Crippen molar-refractivity contribution in [3.8, 4) is 0 Å². The molecule has 6 nitrogen and oxygen atoms in total. The van der Waals surface area contributed by atoms with Crippen LogP contribution in [0.1, 0.15) is 27.9 Å². The van der Waals surface area contributed by atoms with Gasteiger partial charge in [-0.2, -0.15) is 0 Å². The van der Waals surface area contributed by atoms with Gasteiger partial charge in [0.15, 0.2) is 5.54 Å². The van der Waals surface area contributed by atoms with Crippen molar-refractivity contribution in [2.45, 2.75) is 18.5 Å². The molecule has 0 bridgehead atoms. The van der Waals surface area contributed by atoms with E-state index in [4.69, 9.17) is 0 Å². The minimum absolute atomic E-state index is 0.0793. The molecule has 6 rings (SSSR count). The first kappa shape index (κ1) is 20.2. The summed E-state index contributed by atoms with van der Waals surface area (Å²) in [6.07, 6.45) is 1.38. The lowest BCUT2D eigenvalue weighted by Crippen LogP contribution is -2.50. The summed E-state index contributed by atoms with van der Waals surface area (Å²) < 4.78 is 14.2. The molecule has 4 aromatic rings. The van der Waals surface area contributed by atoms with Crippen molar-refractivity contribution >= 4 is 34.3 Å². The molecular formula is C27H18FN3O3. The molecule has 3 amide bonds. The van der Waals surface area contributed by atoms with Gasteiger partial charge in [-0.1, -0.05) is 54.6 Å². The Balaban J connectivity index is 1.57. The van der Waals surface area contributed by atoms with E-state index in [0.29, 0.717) is 16.8 Å². The average Bonchev–Trinajstić information content (AvgIpc) is 3.24. The lowest BCUT2D eigenvalue weighted by Gasteiger charge is -2.34. The van der Waals surface area contributed by atoms with Crippen LogP contribution >= 0.6 is 0 Å². The van der Waals surface area contributed by atoms with Gasteiger partial charge in [0.1, 0.15) is 5.82 Å². The highest BCUT2D eigenvalue weighted by Crippen LogP contribution is 2.50.